The molecule has 0 radical (unpaired) electrons. The number of anilines is 2. The van der Waals surface area contributed by atoms with Crippen LogP contribution in [0.4, 0.5) is 11.5 Å². The molecule has 2 unspecified atom stereocenters. The number of nitrogens with one attached hydrogen (secondary N) is 3. The smallest absolute Gasteiger partial charge is 0.242 e. The average Bonchev–Trinajstić information content (AvgIpc) is 3.17. The number of H-pyrrole nitrogens is 1. The SMILES string of the molecule is CC1C(Nc2ncnc3[nH]ncc23)CCCN1C(=O)CNc1cc(Cl)cc(Cl)c1. The minimum atomic E-state index is 0.0120. The van der Waals surface area contributed by atoms with Crippen molar-refractivity contribution in [2.75, 3.05) is 23.7 Å². The van der Waals surface area contributed by atoms with Gasteiger partial charge >= 0.3 is 0 Å². The van der Waals surface area contributed by atoms with Crippen LogP contribution in [-0.2, 0) is 4.79 Å². The second kappa shape index (κ2) is 8.42. The Balaban J connectivity index is 1.41. The number of aromatic amines is 1. The molecule has 0 spiro atoms. The van der Waals surface area contributed by atoms with Crippen LogP contribution in [0.1, 0.15) is 19.8 Å². The number of hydrogen-bond donors (Lipinski definition) is 3. The predicted molar refractivity (Wildman–Crippen MR) is 114 cm³/mol. The summed E-state index contributed by atoms with van der Waals surface area (Å²) in [5, 5.41) is 15.3. The summed E-state index contributed by atoms with van der Waals surface area (Å²) in [5.74, 6) is 0.748. The lowest BCUT2D eigenvalue weighted by molar-refractivity contribution is -0.132. The summed E-state index contributed by atoms with van der Waals surface area (Å²) in [6.07, 6.45) is 5.06. The molecule has 1 amide bonds. The molecule has 1 aromatic carbocycles. The van der Waals surface area contributed by atoms with Crippen LogP contribution in [0.25, 0.3) is 11.0 Å². The molecule has 0 aliphatic carbocycles. The van der Waals surface area contributed by atoms with Gasteiger partial charge in [-0.1, -0.05) is 23.2 Å². The number of nitrogens with zero attached hydrogens (tertiary/aromatic N) is 4. The number of amides is 1. The van der Waals surface area contributed by atoms with E-state index in [4.69, 9.17) is 23.2 Å². The molecule has 152 valence electrons. The van der Waals surface area contributed by atoms with Gasteiger partial charge in [0, 0.05) is 34.4 Å². The van der Waals surface area contributed by atoms with E-state index in [1.54, 1.807) is 24.4 Å². The third-order valence-corrected chi connectivity index (χ3v) is 5.62. The van der Waals surface area contributed by atoms with E-state index in [1.165, 1.54) is 6.33 Å². The summed E-state index contributed by atoms with van der Waals surface area (Å²) in [6.45, 7) is 2.95. The third-order valence-electron chi connectivity index (χ3n) is 5.18. The van der Waals surface area contributed by atoms with Gasteiger partial charge in [-0.25, -0.2) is 9.97 Å². The van der Waals surface area contributed by atoms with E-state index >= 15 is 0 Å². The Labute approximate surface area is 178 Å². The van der Waals surface area contributed by atoms with E-state index in [1.807, 2.05) is 4.90 Å². The number of aromatic nitrogens is 4. The quantitative estimate of drug-likeness (QED) is 0.568. The lowest BCUT2D eigenvalue weighted by atomic mass is 9.97. The Bertz CT molecular complexity index is 1000. The average molecular weight is 434 g/mol. The molecule has 1 fully saturated rings. The van der Waals surface area contributed by atoms with Gasteiger partial charge in [0.25, 0.3) is 0 Å². The normalized spacial score (nSPS) is 19.3. The van der Waals surface area contributed by atoms with Crippen LogP contribution in [0.15, 0.2) is 30.7 Å². The fourth-order valence-corrected chi connectivity index (χ4v) is 4.20. The number of piperidine rings is 1. The lowest BCUT2D eigenvalue weighted by Gasteiger charge is -2.40. The van der Waals surface area contributed by atoms with Crippen LogP contribution in [0.5, 0.6) is 0 Å². The van der Waals surface area contributed by atoms with Gasteiger partial charge in [0.1, 0.15) is 12.1 Å². The van der Waals surface area contributed by atoms with Gasteiger partial charge in [0.15, 0.2) is 5.65 Å². The van der Waals surface area contributed by atoms with Crippen LogP contribution in [-0.4, -0.2) is 56.1 Å². The summed E-state index contributed by atoms with van der Waals surface area (Å²) in [7, 11) is 0. The van der Waals surface area contributed by atoms with Crippen molar-refractivity contribution in [1.82, 2.24) is 25.1 Å². The predicted octanol–water partition coefficient (Wildman–Crippen LogP) is 3.56. The zero-order chi connectivity index (χ0) is 20.4. The maximum absolute atomic E-state index is 12.8. The van der Waals surface area contributed by atoms with Crippen molar-refractivity contribution in [3.63, 3.8) is 0 Å². The summed E-state index contributed by atoms with van der Waals surface area (Å²) < 4.78 is 0. The number of hydrogen-bond acceptors (Lipinski definition) is 6. The molecular weight excluding hydrogens is 413 g/mol. The van der Waals surface area contributed by atoms with Crippen molar-refractivity contribution in [3.05, 3.63) is 40.8 Å². The third kappa shape index (κ3) is 4.38. The number of fused-ring (bicyclic) bond motifs is 1. The number of carbonyl (C=O) groups excluding carboxylic acids is 1. The Kier molecular flexibility index (Phi) is 5.73. The molecule has 3 N–H and O–H groups in total. The highest BCUT2D eigenvalue weighted by molar-refractivity contribution is 6.35. The van der Waals surface area contributed by atoms with Gasteiger partial charge in [-0.05, 0) is 38.0 Å². The summed E-state index contributed by atoms with van der Waals surface area (Å²) in [5.41, 5.74) is 1.40. The molecule has 1 saturated heterocycles. The molecule has 10 heteroatoms. The molecular formula is C19H21Cl2N7O. The minimum Gasteiger partial charge on any atom is -0.376 e. The molecule has 8 nitrogen and oxygen atoms in total. The maximum atomic E-state index is 12.8. The number of rotatable bonds is 5. The summed E-state index contributed by atoms with van der Waals surface area (Å²) >= 11 is 12.0. The van der Waals surface area contributed by atoms with Crippen molar-refractivity contribution >= 4 is 51.6 Å². The van der Waals surface area contributed by atoms with E-state index in [9.17, 15) is 4.79 Å². The monoisotopic (exact) mass is 433 g/mol. The molecule has 1 aliphatic rings. The standard InChI is InChI=1S/C19H21Cl2N7O/c1-11-16(26-18-15-8-25-27-19(15)24-10-23-18)3-2-4-28(11)17(29)9-22-14-6-12(20)5-13(21)7-14/h5-8,10-11,16,22H,2-4,9H2,1H3,(H2,23,24,25,26,27). The van der Waals surface area contributed by atoms with Crippen LogP contribution in [0, 0.1) is 0 Å². The Morgan fingerprint density at radius 1 is 1.28 bits per heavy atom. The van der Waals surface area contributed by atoms with E-state index < -0.39 is 0 Å². The zero-order valence-corrected chi connectivity index (χ0v) is 17.3. The summed E-state index contributed by atoms with van der Waals surface area (Å²) in [6, 6.07) is 5.24. The largest absolute Gasteiger partial charge is 0.376 e. The number of benzene rings is 1. The fourth-order valence-electron chi connectivity index (χ4n) is 3.68. The second-order valence-corrected chi connectivity index (χ2v) is 7.96. The summed E-state index contributed by atoms with van der Waals surface area (Å²) in [4.78, 5) is 23.3. The van der Waals surface area contributed by atoms with Crippen molar-refractivity contribution in [3.8, 4) is 0 Å². The second-order valence-electron chi connectivity index (χ2n) is 7.09. The van der Waals surface area contributed by atoms with Crippen LogP contribution in [0.3, 0.4) is 0 Å². The Morgan fingerprint density at radius 3 is 2.86 bits per heavy atom. The molecule has 0 bridgehead atoms. The molecule has 3 aromatic rings. The van der Waals surface area contributed by atoms with E-state index in [2.05, 4.69) is 37.7 Å². The topological polar surface area (TPSA) is 98.8 Å². The van der Waals surface area contributed by atoms with Gasteiger partial charge < -0.3 is 15.5 Å². The Hall–Kier alpha value is -2.58. The van der Waals surface area contributed by atoms with Gasteiger partial charge in [0.05, 0.1) is 18.1 Å². The van der Waals surface area contributed by atoms with Gasteiger partial charge in [0.2, 0.25) is 5.91 Å². The first-order valence-corrected chi connectivity index (χ1v) is 10.2. The van der Waals surface area contributed by atoms with Crippen molar-refractivity contribution in [2.24, 2.45) is 0 Å². The molecule has 4 rings (SSSR count). The van der Waals surface area contributed by atoms with E-state index in [0.29, 0.717) is 15.7 Å². The fraction of sp³-hybridized carbons (Fsp3) is 0.368. The highest BCUT2D eigenvalue weighted by Gasteiger charge is 2.31. The van der Waals surface area contributed by atoms with Crippen molar-refractivity contribution in [1.29, 1.82) is 0 Å². The molecule has 0 saturated carbocycles. The lowest BCUT2D eigenvalue weighted by Crippen LogP contribution is -2.53. The van der Waals surface area contributed by atoms with Crippen LogP contribution in [0.2, 0.25) is 10.0 Å². The first-order chi connectivity index (χ1) is 14.0. The zero-order valence-electron chi connectivity index (χ0n) is 15.8. The first kappa shape index (κ1) is 19.7. The first-order valence-electron chi connectivity index (χ1n) is 9.41. The Morgan fingerprint density at radius 2 is 2.07 bits per heavy atom. The highest BCUT2D eigenvalue weighted by atomic mass is 35.5. The van der Waals surface area contributed by atoms with Gasteiger partial charge in [-0.3, -0.25) is 9.89 Å². The molecule has 2 aromatic heterocycles. The van der Waals surface area contributed by atoms with E-state index in [0.717, 1.165) is 36.3 Å². The minimum absolute atomic E-state index is 0.0120. The van der Waals surface area contributed by atoms with Gasteiger partial charge in [-0.15, -0.1) is 0 Å². The highest BCUT2D eigenvalue weighted by Crippen LogP contribution is 2.25. The number of halogens is 2. The molecule has 2 atom stereocenters. The van der Waals surface area contributed by atoms with Crippen molar-refractivity contribution in [2.45, 2.75) is 31.8 Å². The van der Waals surface area contributed by atoms with Crippen molar-refractivity contribution < 1.29 is 4.79 Å². The van der Waals surface area contributed by atoms with Crippen LogP contribution < -0.4 is 10.6 Å². The molecule has 29 heavy (non-hydrogen) atoms. The molecule has 3 heterocycles. The number of carbonyl (C=O) groups is 1. The number of likely N-dealkylation sites (tertiary alicyclic amines) is 1. The van der Waals surface area contributed by atoms with Gasteiger partial charge in [-0.2, -0.15) is 5.10 Å². The van der Waals surface area contributed by atoms with Crippen LogP contribution >= 0.6 is 23.2 Å². The molecule has 1 aliphatic heterocycles. The maximum Gasteiger partial charge on any atom is 0.242 e. The van der Waals surface area contributed by atoms with E-state index in [-0.39, 0.29) is 24.5 Å².